The largest absolute Gasteiger partial charge is 0.506 e. The van der Waals surface area contributed by atoms with E-state index in [0.717, 1.165) is 5.56 Å². The molecule has 0 unspecified atom stereocenters. The average Bonchev–Trinajstić information content (AvgIpc) is 2.95. The molecule has 120 valence electrons. The van der Waals surface area contributed by atoms with Crippen LogP contribution in [-0.2, 0) is 0 Å². The molecule has 6 heteroatoms. The number of benzene rings is 2. The summed E-state index contributed by atoms with van der Waals surface area (Å²) in [5.74, 6) is -0.481. The monoisotopic (exact) mass is 323 g/mol. The summed E-state index contributed by atoms with van der Waals surface area (Å²) in [4.78, 5) is 22.4. The number of furan rings is 1. The molecule has 0 bridgehead atoms. The minimum atomic E-state index is -0.487. The number of aryl methyl sites for hydroxylation is 1. The number of nitro groups is 1. The van der Waals surface area contributed by atoms with Gasteiger partial charge in [-0.3, -0.25) is 14.9 Å². The third-order valence-corrected chi connectivity index (χ3v) is 3.69. The van der Waals surface area contributed by atoms with E-state index in [2.05, 4.69) is 0 Å². The van der Waals surface area contributed by atoms with Crippen LogP contribution >= 0.6 is 0 Å². The molecular formula is C18H13NO5. The van der Waals surface area contributed by atoms with Crippen LogP contribution in [0.1, 0.15) is 21.5 Å². The van der Waals surface area contributed by atoms with Crippen molar-refractivity contribution in [2.75, 3.05) is 0 Å². The first-order valence-corrected chi connectivity index (χ1v) is 7.14. The molecule has 2 aromatic carbocycles. The van der Waals surface area contributed by atoms with Crippen LogP contribution < -0.4 is 0 Å². The van der Waals surface area contributed by atoms with Crippen molar-refractivity contribution in [3.05, 3.63) is 75.5 Å². The van der Waals surface area contributed by atoms with Crippen molar-refractivity contribution in [3.63, 3.8) is 0 Å². The van der Waals surface area contributed by atoms with E-state index in [0.29, 0.717) is 16.5 Å². The molecule has 0 aliphatic heterocycles. The van der Waals surface area contributed by atoms with Crippen LogP contribution in [-0.4, -0.2) is 15.8 Å². The van der Waals surface area contributed by atoms with E-state index in [1.807, 2.05) is 0 Å². The molecule has 1 N–H and O–H groups in total. The zero-order chi connectivity index (χ0) is 17.3. The van der Waals surface area contributed by atoms with Crippen molar-refractivity contribution in [2.24, 2.45) is 0 Å². The smallest absolute Gasteiger partial charge is 0.269 e. The number of fused-ring (bicyclic) bond motifs is 1. The number of ketones is 1. The number of carbonyl (C=O) groups is 1. The summed E-state index contributed by atoms with van der Waals surface area (Å²) in [5.41, 5.74) is 2.06. The quantitative estimate of drug-likeness (QED) is 0.335. The molecule has 1 heterocycles. The Labute approximate surface area is 136 Å². The Morgan fingerprint density at radius 2 is 1.92 bits per heavy atom. The van der Waals surface area contributed by atoms with Crippen molar-refractivity contribution in [1.82, 2.24) is 0 Å². The Morgan fingerprint density at radius 3 is 2.58 bits per heavy atom. The zero-order valence-electron chi connectivity index (χ0n) is 12.7. The summed E-state index contributed by atoms with van der Waals surface area (Å²) in [7, 11) is 0. The molecule has 0 aliphatic rings. The van der Waals surface area contributed by atoms with Gasteiger partial charge in [-0.1, -0.05) is 6.08 Å². The van der Waals surface area contributed by atoms with Crippen LogP contribution in [0.5, 0.6) is 5.75 Å². The van der Waals surface area contributed by atoms with Gasteiger partial charge in [0, 0.05) is 12.1 Å². The molecule has 24 heavy (non-hydrogen) atoms. The minimum Gasteiger partial charge on any atom is -0.506 e. The molecule has 3 rings (SSSR count). The number of rotatable bonds is 4. The van der Waals surface area contributed by atoms with Crippen LogP contribution in [0, 0.1) is 17.0 Å². The lowest BCUT2D eigenvalue weighted by atomic mass is 10.0. The van der Waals surface area contributed by atoms with Gasteiger partial charge in [0.15, 0.2) is 5.78 Å². The van der Waals surface area contributed by atoms with E-state index < -0.39 is 4.92 Å². The normalized spacial score (nSPS) is 11.2. The van der Waals surface area contributed by atoms with Gasteiger partial charge in [0.2, 0.25) is 0 Å². The van der Waals surface area contributed by atoms with Gasteiger partial charge in [0.05, 0.1) is 22.1 Å². The summed E-state index contributed by atoms with van der Waals surface area (Å²) in [6.45, 7) is 1.78. The van der Waals surface area contributed by atoms with Crippen LogP contribution in [0.4, 0.5) is 5.69 Å². The summed E-state index contributed by atoms with van der Waals surface area (Å²) >= 11 is 0. The number of carbonyl (C=O) groups excluding carboxylic acids is 1. The Morgan fingerprint density at radius 1 is 1.21 bits per heavy atom. The molecule has 0 amide bonds. The van der Waals surface area contributed by atoms with Gasteiger partial charge in [0.25, 0.3) is 5.69 Å². The van der Waals surface area contributed by atoms with E-state index in [1.165, 1.54) is 36.6 Å². The highest BCUT2D eigenvalue weighted by Gasteiger charge is 2.15. The highest BCUT2D eigenvalue weighted by Crippen LogP contribution is 2.33. The number of non-ortho nitro benzene ring substituents is 1. The lowest BCUT2D eigenvalue weighted by Crippen LogP contribution is -1.95. The molecule has 0 spiro atoms. The number of allylic oxidation sites excluding steroid dienone is 1. The minimum absolute atomic E-state index is 0.0167. The van der Waals surface area contributed by atoms with Crippen molar-refractivity contribution in [2.45, 2.75) is 6.92 Å². The van der Waals surface area contributed by atoms with E-state index in [4.69, 9.17) is 4.42 Å². The van der Waals surface area contributed by atoms with E-state index >= 15 is 0 Å². The lowest BCUT2D eigenvalue weighted by Gasteiger charge is -2.02. The molecule has 0 atom stereocenters. The molecule has 0 fully saturated rings. The fraction of sp³-hybridized carbons (Fsp3) is 0.0556. The maximum Gasteiger partial charge on any atom is 0.269 e. The maximum absolute atomic E-state index is 12.3. The lowest BCUT2D eigenvalue weighted by molar-refractivity contribution is -0.384. The van der Waals surface area contributed by atoms with Crippen LogP contribution in [0.3, 0.4) is 0 Å². The maximum atomic E-state index is 12.3. The van der Waals surface area contributed by atoms with Gasteiger partial charge in [0.1, 0.15) is 11.3 Å². The molecular weight excluding hydrogens is 310 g/mol. The van der Waals surface area contributed by atoms with Gasteiger partial charge in [-0.05, 0) is 48.4 Å². The van der Waals surface area contributed by atoms with Gasteiger partial charge in [-0.15, -0.1) is 0 Å². The molecule has 0 radical (unpaired) electrons. The molecule has 6 nitrogen and oxygen atoms in total. The summed E-state index contributed by atoms with van der Waals surface area (Å²) < 4.78 is 5.28. The van der Waals surface area contributed by atoms with Crippen molar-refractivity contribution in [1.29, 1.82) is 0 Å². The Balaban J connectivity index is 1.88. The number of phenols is 1. The van der Waals surface area contributed by atoms with Gasteiger partial charge in [-0.25, -0.2) is 0 Å². The highest BCUT2D eigenvalue weighted by molar-refractivity contribution is 6.11. The van der Waals surface area contributed by atoms with Crippen molar-refractivity contribution in [3.8, 4) is 5.75 Å². The Hall–Kier alpha value is -3.41. The Kier molecular flexibility index (Phi) is 3.87. The predicted octanol–water partition coefficient (Wildman–Crippen LogP) is 4.25. The Bertz CT molecular complexity index is 967. The van der Waals surface area contributed by atoms with Gasteiger partial charge in [-0.2, -0.15) is 0 Å². The standard InChI is InChI=1S/C18H13NO5/c1-11-10-24-16-9-7-14(18(21)17(11)16)15(20)8-4-12-2-5-13(6-3-12)19(22)23/h2-10,21H,1H3/b8-4+. The van der Waals surface area contributed by atoms with E-state index in [-0.39, 0.29) is 22.8 Å². The number of nitro benzene ring substituents is 1. The number of phenolic OH excluding ortho intramolecular Hbond substituents is 1. The second kappa shape index (κ2) is 6.00. The highest BCUT2D eigenvalue weighted by atomic mass is 16.6. The fourth-order valence-electron chi connectivity index (χ4n) is 2.43. The number of hydrogen-bond donors (Lipinski definition) is 1. The van der Waals surface area contributed by atoms with Crippen molar-refractivity contribution < 1.29 is 19.2 Å². The zero-order valence-corrected chi connectivity index (χ0v) is 12.7. The molecule has 0 saturated carbocycles. The first-order chi connectivity index (χ1) is 11.5. The molecule has 0 saturated heterocycles. The van der Waals surface area contributed by atoms with E-state index in [1.54, 1.807) is 25.1 Å². The summed E-state index contributed by atoms with van der Waals surface area (Å²) in [6.07, 6.45) is 4.38. The first kappa shape index (κ1) is 15.5. The SMILES string of the molecule is Cc1coc2ccc(C(=O)/C=C/c3ccc([N+](=O)[O-])cc3)c(O)c12. The number of aromatic hydroxyl groups is 1. The van der Waals surface area contributed by atoms with Gasteiger partial charge < -0.3 is 9.52 Å². The summed E-state index contributed by atoms with van der Waals surface area (Å²) in [6, 6.07) is 8.96. The van der Waals surface area contributed by atoms with Gasteiger partial charge >= 0.3 is 0 Å². The third kappa shape index (κ3) is 2.77. The third-order valence-electron chi connectivity index (χ3n) is 3.69. The topological polar surface area (TPSA) is 93.6 Å². The van der Waals surface area contributed by atoms with Crippen LogP contribution in [0.2, 0.25) is 0 Å². The molecule has 3 aromatic rings. The molecule has 0 aliphatic carbocycles. The fourth-order valence-corrected chi connectivity index (χ4v) is 2.43. The van der Waals surface area contributed by atoms with Crippen LogP contribution in [0.25, 0.3) is 17.0 Å². The number of hydrogen-bond acceptors (Lipinski definition) is 5. The average molecular weight is 323 g/mol. The molecule has 1 aromatic heterocycles. The second-order valence-electron chi connectivity index (χ2n) is 5.30. The summed E-state index contributed by atoms with van der Waals surface area (Å²) in [5, 5.41) is 21.4. The second-order valence-corrected chi connectivity index (χ2v) is 5.30. The predicted molar refractivity (Wildman–Crippen MR) is 89.1 cm³/mol. The number of nitrogens with zero attached hydrogens (tertiary/aromatic N) is 1. The van der Waals surface area contributed by atoms with E-state index in [9.17, 15) is 20.0 Å². The first-order valence-electron chi connectivity index (χ1n) is 7.14. The van der Waals surface area contributed by atoms with Crippen LogP contribution in [0.15, 0.2) is 53.2 Å². The van der Waals surface area contributed by atoms with Crippen molar-refractivity contribution >= 4 is 28.5 Å².